The molecular formula is C21H23Cl2NO2S. The number of benzene rings is 2. The monoisotopic (exact) mass is 423 g/mol. The molecule has 1 aliphatic rings. The molecule has 2 aromatic carbocycles. The summed E-state index contributed by atoms with van der Waals surface area (Å²) in [6.45, 7) is 4.55. The summed E-state index contributed by atoms with van der Waals surface area (Å²) in [5, 5.41) is 1.13. The average Bonchev–Trinajstić information content (AvgIpc) is 2.67. The van der Waals surface area contributed by atoms with Gasteiger partial charge < -0.3 is 14.4 Å². The molecule has 3 nitrogen and oxygen atoms in total. The second-order valence-electron chi connectivity index (χ2n) is 6.84. The van der Waals surface area contributed by atoms with E-state index in [9.17, 15) is 0 Å². The zero-order valence-corrected chi connectivity index (χ0v) is 17.8. The van der Waals surface area contributed by atoms with Crippen LogP contribution in [0.3, 0.4) is 0 Å². The fourth-order valence-corrected chi connectivity index (χ4v) is 3.90. The van der Waals surface area contributed by atoms with Crippen molar-refractivity contribution >= 4 is 40.4 Å². The highest BCUT2D eigenvalue weighted by atomic mass is 35.5. The molecule has 0 aliphatic carbocycles. The second kappa shape index (κ2) is 9.13. The molecule has 1 heterocycles. The van der Waals surface area contributed by atoms with Gasteiger partial charge in [0.1, 0.15) is 11.6 Å². The molecule has 1 fully saturated rings. The molecule has 1 saturated heterocycles. The van der Waals surface area contributed by atoms with Crippen LogP contribution >= 0.6 is 35.4 Å². The highest BCUT2D eigenvalue weighted by molar-refractivity contribution is 7.80. The van der Waals surface area contributed by atoms with E-state index in [0.29, 0.717) is 28.2 Å². The summed E-state index contributed by atoms with van der Waals surface area (Å²) in [7, 11) is 1.60. The maximum absolute atomic E-state index is 6.51. The first-order valence-electron chi connectivity index (χ1n) is 9.02. The third kappa shape index (κ3) is 4.87. The molecule has 6 heteroatoms. The van der Waals surface area contributed by atoms with E-state index in [4.69, 9.17) is 44.9 Å². The molecular weight excluding hydrogens is 401 g/mol. The first-order valence-corrected chi connectivity index (χ1v) is 10.2. The zero-order chi connectivity index (χ0) is 19.4. The Morgan fingerprint density at radius 1 is 1.15 bits per heavy atom. The van der Waals surface area contributed by atoms with Crippen molar-refractivity contribution in [3.63, 3.8) is 0 Å². The van der Waals surface area contributed by atoms with Gasteiger partial charge in [-0.1, -0.05) is 60.5 Å². The van der Waals surface area contributed by atoms with Crippen molar-refractivity contribution in [2.45, 2.75) is 26.4 Å². The standard InChI is InChI=1S/C21H23Cl2NO2S/c1-14-7-9-24(10-8-14)21(27)16-11-18(23)20(19(12-16)25-2)26-13-15-5-3-4-6-17(15)22/h3-6,11-12,14H,7-10,13H2,1-2H3. The Morgan fingerprint density at radius 3 is 2.52 bits per heavy atom. The average molecular weight is 424 g/mol. The third-order valence-corrected chi connectivity index (χ3v) is 6.02. The van der Waals surface area contributed by atoms with E-state index < -0.39 is 0 Å². The van der Waals surface area contributed by atoms with Crippen molar-refractivity contribution in [1.29, 1.82) is 0 Å². The van der Waals surface area contributed by atoms with Gasteiger partial charge in [-0.2, -0.15) is 0 Å². The Balaban J connectivity index is 1.78. The predicted molar refractivity (Wildman–Crippen MR) is 115 cm³/mol. The van der Waals surface area contributed by atoms with Gasteiger partial charge in [0.2, 0.25) is 0 Å². The summed E-state index contributed by atoms with van der Waals surface area (Å²) in [5.41, 5.74) is 1.77. The van der Waals surface area contributed by atoms with E-state index in [-0.39, 0.29) is 0 Å². The lowest BCUT2D eigenvalue weighted by atomic mass is 9.99. The molecule has 0 aromatic heterocycles. The van der Waals surface area contributed by atoms with E-state index in [1.54, 1.807) is 7.11 Å². The lowest BCUT2D eigenvalue weighted by Crippen LogP contribution is -2.37. The van der Waals surface area contributed by atoms with E-state index in [0.717, 1.165) is 48.0 Å². The summed E-state index contributed by atoms with van der Waals surface area (Å²) in [5.74, 6) is 1.82. The Kier molecular flexibility index (Phi) is 6.85. The first kappa shape index (κ1) is 20.2. The highest BCUT2D eigenvalue weighted by Crippen LogP contribution is 2.38. The lowest BCUT2D eigenvalue weighted by Gasteiger charge is -2.32. The van der Waals surface area contributed by atoms with E-state index >= 15 is 0 Å². The van der Waals surface area contributed by atoms with Gasteiger partial charge in [0.15, 0.2) is 11.5 Å². The number of nitrogens with zero attached hydrogens (tertiary/aromatic N) is 1. The number of hydrogen-bond acceptors (Lipinski definition) is 3. The Bertz CT molecular complexity index is 820. The molecule has 2 aromatic rings. The van der Waals surface area contributed by atoms with Gasteiger partial charge >= 0.3 is 0 Å². The Labute approximate surface area is 176 Å². The van der Waals surface area contributed by atoms with Gasteiger partial charge in [0.25, 0.3) is 0 Å². The van der Waals surface area contributed by atoms with Gasteiger partial charge in [-0.15, -0.1) is 0 Å². The van der Waals surface area contributed by atoms with Gasteiger partial charge in [0.05, 0.1) is 12.1 Å². The van der Waals surface area contributed by atoms with Crippen molar-refractivity contribution in [3.05, 3.63) is 57.6 Å². The van der Waals surface area contributed by atoms with Gasteiger partial charge in [-0.05, 0) is 37.0 Å². The number of likely N-dealkylation sites (tertiary alicyclic amines) is 1. The third-order valence-electron chi connectivity index (χ3n) is 4.88. The van der Waals surface area contributed by atoms with Crippen LogP contribution in [0, 0.1) is 5.92 Å². The summed E-state index contributed by atoms with van der Waals surface area (Å²) in [6.07, 6.45) is 2.31. The van der Waals surface area contributed by atoms with Crippen LogP contribution in [-0.4, -0.2) is 30.1 Å². The molecule has 0 saturated carbocycles. The van der Waals surface area contributed by atoms with E-state index in [1.165, 1.54) is 0 Å². The summed E-state index contributed by atoms with van der Waals surface area (Å²) in [4.78, 5) is 3.05. The van der Waals surface area contributed by atoms with Crippen LogP contribution in [0.5, 0.6) is 11.5 Å². The molecule has 144 valence electrons. The molecule has 0 spiro atoms. The van der Waals surface area contributed by atoms with Crippen LogP contribution in [0.2, 0.25) is 10.0 Å². The van der Waals surface area contributed by atoms with Gasteiger partial charge in [-0.3, -0.25) is 0 Å². The zero-order valence-electron chi connectivity index (χ0n) is 15.5. The second-order valence-corrected chi connectivity index (χ2v) is 8.05. The summed E-state index contributed by atoms with van der Waals surface area (Å²) < 4.78 is 11.4. The fraction of sp³-hybridized carbons (Fsp3) is 0.381. The Morgan fingerprint density at radius 2 is 1.85 bits per heavy atom. The number of methoxy groups -OCH3 is 1. The number of ether oxygens (including phenoxy) is 2. The van der Waals surface area contributed by atoms with Crippen LogP contribution in [0.25, 0.3) is 0 Å². The molecule has 0 unspecified atom stereocenters. The topological polar surface area (TPSA) is 21.7 Å². The summed E-state index contributed by atoms with van der Waals surface area (Å²) in [6, 6.07) is 11.3. The maximum Gasteiger partial charge on any atom is 0.180 e. The number of hydrogen-bond donors (Lipinski definition) is 0. The molecule has 0 atom stereocenters. The van der Waals surface area contributed by atoms with Crippen molar-refractivity contribution < 1.29 is 9.47 Å². The predicted octanol–water partition coefficient (Wildman–Crippen LogP) is 5.99. The number of piperidine rings is 1. The minimum atomic E-state index is 0.309. The first-order chi connectivity index (χ1) is 13.0. The largest absolute Gasteiger partial charge is 0.493 e. The van der Waals surface area contributed by atoms with Gasteiger partial charge in [0, 0.05) is 29.2 Å². The van der Waals surface area contributed by atoms with Crippen molar-refractivity contribution in [3.8, 4) is 11.5 Å². The normalized spacial score (nSPS) is 14.9. The molecule has 3 rings (SSSR count). The van der Waals surface area contributed by atoms with Crippen LogP contribution in [0.1, 0.15) is 30.9 Å². The molecule has 1 aliphatic heterocycles. The van der Waals surface area contributed by atoms with Crippen molar-refractivity contribution in [1.82, 2.24) is 4.90 Å². The number of rotatable bonds is 5. The number of thiocarbonyl (C=S) groups is 1. The van der Waals surface area contributed by atoms with E-state index in [1.807, 2.05) is 36.4 Å². The lowest BCUT2D eigenvalue weighted by molar-refractivity contribution is 0.282. The van der Waals surface area contributed by atoms with Crippen LogP contribution in [-0.2, 0) is 6.61 Å². The highest BCUT2D eigenvalue weighted by Gasteiger charge is 2.21. The number of halogens is 2. The molecule has 0 amide bonds. The SMILES string of the molecule is COc1cc(C(=S)N2CCC(C)CC2)cc(Cl)c1OCc1ccccc1Cl. The van der Waals surface area contributed by atoms with Crippen LogP contribution in [0.15, 0.2) is 36.4 Å². The van der Waals surface area contributed by atoms with Crippen LogP contribution in [0.4, 0.5) is 0 Å². The molecule has 0 bridgehead atoms. The maximum atomic E-state index is 6.51. The smallest absolute Gasteiger partial charge is 0.180 e. The summed E-state index contributed by atoms with van der Waals surface area (Å²) >= 11 is 18.4. The Hall–Kier alpha value is -1.49. The van der Waals surface area contributed by atoms with Crippen molar-refractivity contribution in [2.75, 3.05) is 20.2 Å². The van der Waals surface area contributed by atoms with Crippen molar-refractivity contribution in [2.24, 2.45) is 5.92 Å². The van der Waals surface area contributed by atoms with Crippen LogP contribution < -0.4 is 9.47 Å². The fourth-order valence-electron chi connectivity index (χ4n) is 3.14. The van der Waals surface area contributed by atoms with Gasteiger partial charge in [-0.25, -0.2) is 0 Å². The molecule has 27 heavy (non-hydrogen) atoms. The molecule has 0 radical (unpaired) electrons. The molecule has 0 N–H and O–H groups in total. The minimum Gasteiger partial charge on any atom is -0.493 e. The quantitative estimate of drug-likeness (QED) is 0.550. The van der Waals surface area contributed by atoms with E-state index in [2.05, 4.69) is 11.8 Å². The minimum absolute atomic E-state index is 0.309.